The Labute approximate surface area is 87.9 Å². The standard InChI is InChI=1S/C12H13FN2/c1-6-4-9-11(14)7(2)8(3)15-12(9)10(13)5-6/h4-5H,1-3H3,(H2,14,15). The van der Waals surface area contributed by atoms with E-state index >= 15 is 0 Å². The highest BCUT2D eigenvalue weighted by Gasteiger charge is 2.10. The molecule has 0 radical (unpaired) electrons. The molecule has 0 fully saturated rings. The van der Waals surface area contributed by atoms with Crippen molar-refractivity contribution in [1.82, 2.24) is 4.98 Å². The van der Waals surface area contributed by atoms with Gasteiger partial charge in [0.05, 0.1) is 0 Å². The zero-order valence-electron chi connectivity index (χ0n) is 9.06. The van der Waals surface area contributed by atoms with E-state index in [2.05, 4.69) is 4.98 Å². The first-order valence-electron chi connectivity index (χ1n) is 4.83. The van der Waals surface area contributed by atoms with E-state index in [0.29, 0.717) is 16.6 Å². The fourth-order valence-corrected chi connectivity index (χ4v) is 1.70. The number of fused-ring (bicyclic) bond motifs is 1. The van der Waals surface area contributed by atoms with Gasteiger partial charge in [0.15, 0.2) is 0 Å². The van der Waals surface area contributed by atoms with Crippen molar-refractivity contribution in [3.63, 3.8) is 0 Å². The minimum Gasteiger partial charge on any atom is -0.398 e. The highest BCUT2D eigenvalue weighted by Crippen LogP contribution is 2.27. The second-order valence-corrected chi connectivity index (χ2v) is 3.88. The number of pyridine rings is 1. The van der Waals surface area contributed by atoms with Gasteiger partial charge in [0.25, 0.3) is 0 Å². The topological polar surface area (TPSA) is 38.9 Å². The van der Waals surface area contributed by atoms with Crippen LogP contribution in [0, 0.1) is 26.6 Å². The van der Waals surface area contributed by atoms with E-state index in [9.17, 15) is 4.39 Å². The summed E-state index contributed by atoms with van der Waals surface area (Å²) in [6.45, 7) is 5.58. The Balaban J connectivity index is 2.98. The number of nitrogen functional groups attached to an aromatic ring is 1. The molecule has 0 unspecified atom stereocenters. The summed E-state index contributed by atoms with van der Waals surface area (Å²) in [6, 6.07) is 3.34. The maximum absolute atomic E-state index is 13.6. The van der Waals surface area contributed by atoms with Gasteiger partial charge in [0, 0.05) is 16.8 Å². The van der Waals surface area contributed by atoms with Crippen LogP contribution in [0.25, 0.3) is 10.9 Å². The van der Waals surface area contributed by atoms with Gasteiger partial charge in [-0.1, -0.05) is 0 Å². The van der Waals surface area contributed by atoms with Crippen LogP contribution in [0.5, 0.6) is 0 Å². The molecule has 0 amide bonds. The van der Waals surface area contributed by atoms with Crippen LogP contribution in [0.3, 0.4) is 0 Å². The lowest BCUT2D eigenvalue weighted by atomic mass is 10.1. The second-order valence-electron chi connectivity index (χ2n) is 3.88. The smallest absolute Gasteiger partial charge is 0.149 e. The van der Waals surface area contributed by atoms with E-state index in [0.717, 1.165) is 16.8 Å². The van der Waals surface area contributed by atoms with Crippen molar-refractivity contribution >= 4 is 16.6 Å². The monoisotopic (exact) mass is 204 g/mol. The Morgan fingerprint density at radius 1 is 1.20 bits per heavy atom. The predicted octanol–water partition coefficient (Wildman–Crippen LogP) is 2.88. The van der Waals surface area contributed by atoms with Gasteiger partial charge in [-0.3, -0.25) is 0 Å². The number of halogens is 1. The van der Waals surface area contributed by atoms with E-state index in [1.54, 1.807) is 0 Å². The molecule has 0 spiro atoms. The van der Waals surface area contributed by atoms with E-state index in [1.807, 2.05) is 26.8 Å². The molecule has 1 heterocycles. The first kappa shape index (κ1) is 9.90. The molecular weight excluding hydrogens is 191 g/mol. The van der Waals surface area contributed by atoms with Crippen LogP contribution < -0.4 is 5.73 Å². The van der Waals surface area contributed by atoms with Gasteiger partial charge in [0.2, 0.25) is 0 Å². The molecular formula is C12H13FN2. The summed E-state index contributed by atoms with van der Waals surface area (Å²) in [7, 11) is 0. The number of hydrogen-bond acceptors (Lipinski definition) is 2. The normalized spacial score (nSPS) is 10.9. The first-order valence-corrected chi connectivity index (χ1v) is 4.83. The van der Waals surface area contributed by atoms with Crippen LogP contribution in [-0.4, -0.2) is 4.98 Å². The maximum atomic E-state index is 13.6. The van der Waals surface area contributed by atoms with E-state index in [1.165, 1.54) is 6.07 Å². The lowest BCUT2D eigenvalue weighted by Crippen LogP contribution is -1.99. The third-order valence-electron chi connectivity index (χ3n) is 2.72. The quantitative estimate of drug-likeness (QED) is 0.716. The minimum atomic E-state index is -0.306. The first-order chi connectivity index (χ1) is 7.00. The van der Waals surface area contributed by atoms with Crippen molar-refractivity contribution in [2.75, 3.05) is 5.73 Å². The van der Waals surface area contributed by atoms with E-state index in [-0.39, 0.29) is 5.82 Å². The molecule has 1 aromatic carbocycles. The zero-order chi connectivity index (χ0) is 11.2. The third kappa shape index (κ3) is 1.44. The molecule has 3 heteroatoms. The van der Waals surface area contributed by atoms with Gasteiger partial charge in [-0.2, -0.15) is 0 Å². The number of anilines is 1. The van der Waals surface area contributed by atoms with E-state index < -0.39 is 0 Å². The molecule has 2 N–H and O–H groups in total. The Morgan fingerprint density at radius 3 is 2.53 bits per heavy atom. The summed E-state index contributed by atoms with van der Waals surface area (Å²) in [6.07, 6.45) is 0. The predicted molar refractivity (Wildman–Crippen MR) is 60.3 cm³/mol. The van der Waals surface area contributed by atoms with E-state index in [4.69, 9.17) is 5.73 Å². The molecule has 2 aromatic rings. The Hall–Kier alpha value is -1.64. The largest absolute Gasteiger partial charge is 0.398 e. The molecule has 0 saturated carbocycles. The van der Waals surface area contributed by atoms with Crippen molar-refractivity contribution in [3.05, 3.63) is 34.8 Å². The lowest BCUT2D eigenvalue weighted by molar-refractivity contribution is 0.635. The van der Waals surface area contributed by atoms with Crippen molar-refractivity contribution in [2.24, 2.45) is 0 Å². The van der Waals surface area contributed by atoms with Crippen LogP contribution in [0.15, 0.2) is 12.1 Å². The van der Waals surface area contributed by atoms with Crippen LogP contribution in [-0.2, 0) is 0 Å². The average molecular weight is 204 g/mol. The molecule has 1 aromatic heterocycles. The van der Waals surface area contributed by atoms with Crippen LogP contribution in [0.2, 0.25) is 0 Å². The van der Waals surface area contributed by atoms with Gasteiger partial charge in [-0.05, 0) is 44.0 Å². The zero-order valence-corrected chi connectivity index (χ0v) is 9.06. The SMILES string of the molecule is Cc1cc(F)c2nc(C)c(C)c(N)c2c1. The highest BCUT2D eigenvalue weighted by atomic mass is 19.1. The van der Waals surface area contributed by atoms with Gasteiger partial charge in [0.1, 0.15) is 11.3 Å². The van der Waals surface area contributed by atoms with Crippen LogP contribution in [0.4, 0.5) is 10.1 Å². The number of hydrogen-bond donors (Lipinski definition) is 1. The maximum Gasteiger partial charge on any atom is 0.149 e. The average Bonchev–Trinajstić information content (AvgIpc) is 2.17. The molecule has 0 aliphatic carbocycles. The van der Waals surface area contributed by atoms with Gasteiger partial charge in [-0.25, -0.2) is 9.37 Å². The molecule has 0 bridgehead atoms. The molecule has 78 valence electrons. The molecule has 0 atom stereocenters. The molecule has 0 aliphatic rings. The Kier molecular flexibility index (Phi) is 2.11. The minimum absolute atomic E-state index is 0.306. The lowest BCUT2D eigenvalue weighted by Gasteiger charge is -2.09. The number of benzene rings is 1. The van der Waals surface area contributed by atoms with Gasteiger partial charge in [-0.15, -0.1) is 0 Å². The van der Waals surface area contributed by atoms with Crippen molar-refractivity contribution in [3.8, 4) is 0 Å². The second kappa shape index (κ2) is 3.19. The number of nitrogens with zero attached hydrogens (tertiary/aromatic N) is 1. The fraction of sp³-hybridized carbons (Fsp3) is 0.250. The summed E-state index contributed by atoms with van der Waals surface area (Å²) < 4.78 is 13.6. The summed E-state index contributed by atoms with van der Waals surface area (Å²) in [5.74, 6) is -0.306. The molecule has 2 rings (SSSR count). The summed E-state index contributed by atoms with van der Waals surface area (Å²) in [5.41, 5.74) is 9.50. The number of aromatic nitrogens is 1. The molecule has 0 saturated heterocycles. The third-order valence-corrected chi connectivity index (χ3v) is 2.72. The fourth-order valence-electron chi connectivity index (χ4n) is 1.70. The highest BCUT2D eigenvalue weighted by molar-refractivity contribution is 5.92. The van der Waals surface area contributed by atoms with Crippen molar-refractivity contribution in [2.45, 2.75) is 20.8 Å². The van der Waals surface area contributed by atoms with Gasteiger partial charge >= 0.3 is 0 Å². The molecule has 0 aliphatic heterocycles. The molecule has 15 heavy (non-hydrogen) atoms. The van der Waals surface area contributed by atoms with Crippen LogP contribution in [0.1, 0.15) is 16.8 Å². The van der Waals surface area contributed by atoms with Crippen molar-refractivity contribution in [1.29, 1.82) is 0 Å². The summed E-state index contributed by atoms with van der Waals surface area (Å²) in [5, 5.41) is 0.704. The number of nitrogens with two attached hydrogens (primary N) is 1. The van der Waals surface area contributed by atoms with Gasteiger partial charge < -0.3 is 5.73 Å². The van der Waals surface area contributed by atoms with Crippen molar-refractivity contribution < 1.29 is 4.39 Å². The number of rotatable bonds is 0. The molecule has 2 nitrogen and oxygen atoms in total. The Morgan fingerprint density at radius 2 is 1.87 bits per heavy atom. The number of aryl methyl sites for hydroxylation is 2. The van der Waals surface area contributed by atoms with Crippen LogP contribution >= 0.6 is 0 Å². The summed E-state index contributed by atoms with van der Waals surface area (Å²) >= 11 is 0. The Bertz CT molecular complexity index is 547. The summed E-state index contributed by atoms with van der Waals surface area (Å²) in [4.78, 5) is 4.22.